The Kier molecular flexibility index (Phi) is 7.51. The molecule has 2 aromatic rings. The molecule has 142 valence electrons. The summed E-state index contributed by atoms with van der Waals surface area (Å²) in [7, 11) is 1.84. The van der Waals surface area contributed by atoms with Gasteiger partial charge in [0.1, 0.15) is 0 Å². The molecule has 0 bridgehead atoms. The van der Waals surface area contributed by atoms with Crippen LogP contribution in [0.15, 0.2) is 41.0 Å². The van der Waals surface area contributed by atoms with Crippen LogP contribution in [0.3, 0.4) is 0 Å². The summed E-state index contributed by atoms with van der Waals surface area (Å²) < 4.78 is 1.96. The maximum Gasteiger partial charge on any atom is 0.190 e. The fourth-order valence-corrected chi connectivity index (χ4v) is 4.17. The number of aryl methyl sites for hydroxylation is 1. The third-order valence-corrected chi connectivity index (χ3v) is 5.62. The van der Waals surface area contributed by atoms with Gasteiger partial charge < -0.3 is 10.6 Å². The monoisotopic (exact) mass is 374 g/mol. The standard InChI is InChI=1S/C19H30N6S/c1-20-19(21-8-4-11-25-12-5-9-23-25)22-14-17-6-2-10-24(15-17)16-18-7-3-13-26-18/h3,5,7,9,12-13,17H,2,4,6,8,10-11,14-16H2,1H3,(H2,20,21,22). The summed E-state index contributed by atoms with van der Waals surface area (Å²) in [6, 6.07) is 6.34. The van der Waals surface area contributed by atoms with Crippen LogP contribution in [0, 0.1) is 5.92 Å². The Hall–Kier alpha value is -1.86. The number of likely N-dealkylation sites (tertiary alicyclic amines) is 1. The zero-order valence-electron chi connectivity index (χ0n) is 15.6. The molecule has 7 heteroatoms. The lowest BCUT2D eigenvalue weighted by atomic mass is 9.98. The molecule has 0 spiro atoms. The predicted octanol–water partition coefficient (Wildman–Crippen LogP) is 2.41. The van der Waals surface area contributed by atoms with Crippen molar-refractivity contribution < 1.29 is 0 Å². The molecule has 1 saturated heterocycles. The first-order chi connectivity index (χ1) is 12.8. The quantitative estimate of drug-likeness (QED) is 0.423. The first kappa shape index (κ1) is 18.9. The van der Waals surface area contributed by atoms with Gasteiger partial charge in [0.05, 0.1) is 0 Å². The predicted molar refractivity (Wildman–Crippen MR) is 109 cm³/mol. The summed E-state index contributed by atoms with van der Waals surface area (Å²) in [4.78, 5) is 8.40. The van der Waals surface area contributed by atoms with Gasteiger partial charge in [-0.3, -0.25) is 14.6 Å². The third kappa shape index (κ3) is 6.14. The zero-order valence-corrected chi connectivity index (χ0v) is 16.4. The third-order valence-electron chi connectivity index (χ3n) is 4.76. The number of hydrogen-bond acceptors (Lipinski definition) is 4. The number of aliphatic imine (C=N–C) groups is 1. The van der Waals surface area contributed by atoms with Gasteiger partial charge in [-0.1, -0.05) is 6.07 Å². The van der Waals surface area contributed by atoms with E-state index in [0.717, 1.165) is 38.6 Å². The summed E-state index contributed by atoms with van der Waals surface area (Å²) in [5.41, 5.74) is 0. The molecule has 0 radical (unpaired) electrons. The van der Waals surface area contributed by atoms with E-state index in [-0.39, 0.29) is 0 Å². The lowest BCUT2D eigenvalue weighted by Crippen LogP contribution is -2.44. The minimum absolute atomic E-state index is 0.686. The number of nitrogens with zero attached hydrogens (tertiary/aromatic N) is 4. The van der Waals surface area contributed by atoms with Gasteiger partial charge in [0.25, 0.3) is 0 Å². The molecule has 0 amide bonds. The largest absolute Gasteiger partial charge is 0.356 e. The van der Waals surface area contributed by atoms with Crippen molar-refractivity contribution >= 4 is 17.3 Å². The van der Waals surface area contributed by atoms with E-state index in [0.29, 0.717) is 5.92 Å². The second kappa shape index (κ2) is 10.3. The van der Waals surface area contributed by atoms with E-state index < -0.39 is 0 Å². The molecule has 2 N–H and O–H groups in total. The van der Waals surface area contributed by atoms with Gasteiger partial charge in [-0.2, -0.15) is 5.10 Å². The normalized spacial score (nSPS) is 18.8. The summed E-state index contributed by atoms with van der Waals surface area (Å²) >= 11 is 1.86. The lowest BCUT2D eigenvalue weighted by molar-refractivity contribution is 0.169. The first-order valence-corrected chi connectivity index (χ1v) is 10.4. The fraction of sp³-hybridized carbons (Fsp3) is 0.579. The lowest BCUT2D eigenvalue weighted by Gasteiger charge is -2.32. The van der Waals surface area contributed by atoms with Crippen LogP contribution in [0.1, 0.15) is 24.1 Å². The number of piperidine rings is 1. The maximum atomic E-state index is 4.35. The Morgan fingerprint density at radius 2 is 2.35 bits per heavy atom. The highest BCUT2D eigenvalue weighted by molar-refractivity contribution is 7.09. The number of nitrogens with one attached hydrogen (secondary N) is 2. The van der Waals surface area contributed by atoms with Crippen molar-refractivity contribution in [3.63, 3.8) is 0 Å². The Morgan fingerprint density at radius 1 is 1.38 bits per heavy atom. The van der Waals surface area contributed by atoms with Gasteiger partial charge in [0, 0.05) is 57.0 Å². The molecule has 2 aromatic heterocycles. The Labute approximate surface area is 160 Å². The molecular weight excluding hydrogens is 344 g/mol. The minimum atomic E-state index is 0.686. The highest BCUT2D eigenvalue weighted by Crippen LogP contribution is 2.19. The second-order valence-electron chi connectivity index (χ2n) is 6.83. The van der Waals surface area contributed by atoms with Crippen molar-refractivity contribution in [2.45, 2.75) is 32.4 Å². The van der Waals surface area contributed by atoms with Crippen LogP contribution in [0.25, 0.3) is 0 Å². The van der Waals surface area contributed by atoms with E-state index in [1.165, 1.54) is 30.8 Å². The SMILES string of the molecule is CN=C(NCCCn1cccn1)NCC1CCCN(Cc2cccs2)C1. The van der Waals surface area contributed by atoms with Gasteiger partial charge in [-0.05, 0) is 49.2 Å². The van der Waals surface area contributed by atoms with Crippen molar-refractivity contribution in [3.8, 4) is 0 Å². The number of hydrogen-bond donors (Lipinski definition) is 2. The van der Waals surface area contributed by atoms with Crippen LogP contribution in [-0.4, -0.2) is 53.9 Å². The topological polar surface area (TPSA) is 57.5 Å². The molecule has 1 atom stereocenters. The van der Waals surface area contributed by atoms with Crippen molar-refractivity contribution in [1.29, 1.82) is 0 Å². The highest BCUT2D eigenvalue weighted by Gasteiger charge is 2.20. The molecule has 1 aliphatic heterocycles. The Balaban J connectivity index is 1.33. The molecule has 3 rings (SSSR count). The average Bonchev–Trinajstić information content (AvgIpc) is 3.35. The van der Waals surface area contributed by atoms with Crippen LogP contribution < -0.4 is 10.6 Å². The highest BCUT2D eigenvalue weighted by atomic mass is 32.1. The van der Waals surface area contributed by atoms with Crippen LogP contribution in [0.2, 0.25) is 0 Å². The summed E-state index contributed by atoms with van der Waals surface area (Å²) in [6.45, 7) is 6.29. The number of guanidine groups is 1. The molecule has 1 unspecified atom stereocenters. The van der Waals surface area contributed by atoms with Crippen LogP contribution in [0.4, 0.5) is 0 Å². The zero-order chi connectivity index (χ0) is 18.0. The molecular formula is C19H30N6S. The molecule has 26 heavy (non-hydrogen) atoms. The van der Waals surface area contributed by atoms with E-state index in [4.69, 9.17) is 0 Å². The average molecular weight is 375 g/mol. The molecule has 1 fully saturated rings. The van der Waals surface area contributed by atoms with Gasteiger partial charge in [-0.15, -0.1) is 11.3 Å². The maximum absolute atomic E-state index is 4.35. The Bertz CT molecular complexity index is 637. The molecule has 6 nitrogen and oxygen atoms in total. The van der Waals surface area contributed by atoms with Gasteiger partial charge >= 0.3 is 0 Å². The van der Waals surface area contributed by atoms with Crippen molar-refractivity contribution in [2.75, 3.05) is 33.2 Å². The van der Waals surface area contributed by atoms with Gasteiger partial charge in [-0.25, -0.2) is 0 Å². The molecule has 1 aliphatic rings. The Morgan fingerprint density at radius 3 is 3.12 bits per heavy atom. The smallest absolute Gasteiger partial charge is 0.190 e. The van der Waals surface area contributed by atoms with Crippen LogP contribution >= 0.6 is 11.3 Å². The van der Waals surface area contributed by atoms with Crippen LogP contribution in [-0.2, 0) is 13.1 Å². The van der Waals surface area contributed by atoms with Gasteiger partial charge in [0.2, 0.25) is 0 Å². The van der Waals surface area contributed by atoms with Crippen molar-refractivity contribution in [3.05, 3.63) is 40.8 Å². The summed E-state index contributed by atoms with van der Waals surface area (Å²) in [6.07, 6.45) is 7.43. The molecule has 3 heterocycles. The fourth-order valence-electron chi connectivity index (χ4n) is 3.43. The van der Waals surface area contributed by atoms with Crippen LogP contribution in [0.5, 0.6) is 0 Å². The van der Waals surface area contributed by atoms with E-state index in [1.807, 2.05) is 41.5 Å². The second-order valence-corrected chi connectivity index (χ2v) is 7.86. The van der Waals surface area contributed by atoms with Crippen molar-refractivity contribution in [1.82, 2.24) is 25.3 Å². The molecule has 0 aliphatic carbocycles. The summed E-state index contributed by atoms with van der Waals surface area (Å²) in [5.74, 6) is 1.59. The number of rotatable bonds is 8. The number of aromatic nitrogens is 2. The minimum Gasteiger partial charge on any atom is -0.356 e. The van der Waals surface area contributed by atoms with Crippen molar-refractivity contribution in [2.24, 2.45) is 10.9 Å². The number of thiophene rings is 1. The van der Waals surface area contributed by atoms with E-state index in [2.05, 4.69) is 43.1 Å². The van der Waals surface area contributed by atoms with E-state index in [1.54, 1.807) is 0 Å². The molecule has 0 saturated carbocycles. The first-order valence-electron chi connectivity index (χ1n) is 9.50. The van der Waals surface area contributed by atoms with E-state index in [9.17, 15) is 0 Å². The van der Waals surface area contributed by atoms with Gasteiger partial charge in [0.15, 0.2) is 5.96 Å². The molecule has 0 aromatic carbocycles. The summed E-state index contributed by atoms with van der Waals surface area (Å²) in [5, 5.41) is 13.3. The van der Waals surface area contributed by atoms with E-state index >= 15 is 0 Å².